The van der Waals surface area contributed by atoms with E-state index in [2.05, 4.69) is 52.0 Å². The number of anilines is 1. The van der Waals surface area contributed by atoms with Gasteiger partial charge in [0.25, 0.3) is 0 Å². The number of amides is 1. The molecule has 156 valence electrons. The third-order valence-electron chi connectivity index (χ3n) is 5.27. The Balaban J connectivity index is 1.69. The zero-order chi connectivity index (χ0) is 21.3. The molecular formula is C23H26N4OS2. The van der Waals surface area contributed by atoms with Crippen LogP contribution in [0.25, 0.3) is 15.7 Å². The number of rotatable bonds is 7. The van der Waals surface area contributed by atoms with Crippen LogP contribution in [-0.2, 0) is 11.2 Å². The van der Waals surface area contributed by atoms with E-state index in [9.17, 15) is 4.79 Å². The first-order valence-electron chi connectivity index (χ1n) is 10.4. The second-order valence-electron chi connectivity index (χ2n) is 7.25. The highest BCUT2D eigenvalue weighted by atomic mass is 32.2. The highest BCUT2D eigenvalue weighted by Crippen LogP contribution is 2.34. The van der Waals surface area contributed by atoms with Crippen LogP contribution in [0.2, 0.25) is 0 Å². The van der Waals surface area contributed by atoms with E-state index in [0.717, 1.165) is 46.0 Å². The number of thioether (sulfide) groups is 1. The molecule has 0 saturated heterocycles. The zero-order valence-electron chi connectivity index (χ0n) is 17.8. The number of nitrogens with zero attached hydrogens (tertiary/aromatic N) is 4. The maximum Gasteiger partial charge on any atom is 0.240 e. The van der Waals surface area contributed by atoms with Crippen LogP contribution < -0.4 is 4.90 Å². The van der Waals surface area contributed by atoms with Gasteiger partial charge in [-0.05, 0) is 55.5 Å². The first kappa shape index (κ1) is 20.9. The molecule has 1 atom stereocenters. The lowest BCUT2D eigenvalue weighted by molar-refractivity contribution is -0.118. The minimum absolute atomic E-state index is 0.114. The fourth-order valence-corrected chi connectivity index (χ4v) is 5.58. The summed E-state index contributed by atoms with van der Waals surface area (Å²) in [4.78, 5) is 15.3. The molecule has 1 aromatic carbocycles. The van der Waals surface area contributed by atoms with Gasteiger partial charge in [0.15, 0.2) is 0 Å². The SMILES string of the molecule is CCc1nnc(S[C@H](CC)C(=O)N(CC)c2cccc(C)c2)c2cc3sccc3n12. The van der Waals surface area contributed by atoms with Crippen molar-refractivity contribution in [2.24, 2.45) is 0 Å². The summed E-state index contributed by atoms with van der Waals surface area (Å²) in [5, 5.41) is 11.7. The van der Waals surface area contributed by atoms with Gasteiger partial charge in [0.05, 0.1) is 21.0 Å². The Morgan fingerprint density at radius 1 is 1.17 bits per heavy atom. The van der Waals surface area contributed by atoms with Gasteiger partial charge in [-0.3, -0.25) is 9.20 Å². The normalized spacial score (nSPS) is 12.5. The molecule has 0 fully saturated rings. The highest BCUT2D eigenvalue weighted by Gasteiger charge is 2.26. The fourth-order valence-electron chi connectivity index (χ4n) is 3.75. The minimum Gasteiger partial charge on any atom is -0.312 e. The third-order valence-corrected chi connectivity index (χ3v) is 7.46. The lowest BCUT2D eigenvalue weighted by atomic mass is 10.2. The first-order valence-corrected chi connectivity index (χ1v) is 12.1. The van der Waals surface area contributed by atoms with Gasteiger partial charge in [0.1, 0.15) is 10.9 Å². The molecule has 30 heavy (non-hydrogen) atoms. The van der Waals surface area contributed by atoms with Crippen LogP contribution in [0.1, 0.15) is 38.6 Å². The first-order chi connectivity index (χ1) is 14.6. The van der Waals surface area contributed by atoms with Gasteiger partial charge in [-0.2, -0.15) is 0 Å². The predicted molar refractivity (Wildman–Crippen MR) is 127 cm³/mol. The average Bonchev–Trinajstić information content (AvgIpc) is 3.34. The molecule has 3 aromatic heterocycles. The average molecular weight is 439 g/mol. The van der Waals surface area contributed by atoms with Gasteiger partial charge in [0.2, 0.25) is 5.91 Å². The molecule has 4 aromatic rings. The Kier molecular flexibility index (Phi) is 6.11. The quantitative estimate of drug-likeness (QED) is 0.345. The van der Waals surface area contributed by atoms with Crippen molar-refractivity contribution in [1.29, 1.82) is 0 Å². The van der Waals surface area contributed by atoms with Gasteiger partial charge < -0.3 is 4.90 Å². The van der Waals surface area contributed by atoms with Crippen molar-refractivity contribution in [3.63, 3.8) is 0 Å². The van der Waals surface area contributed by atoms with E-state index in [1.54, 1.807) is 11.3 Å². The van der Waals surface area contributed by atoms with Gasteiger partial charge in [-0.25, -0.2) is 0 Å². The van der Waals surface area contributed by atoms with Crippen molar-refractivity contribution in [1.82, 2.24) is 14.6 Å². The molecule has 5 nitrogen and oxygen atoms in total. The van der Waals surface area contributed by atoms with Gasteiger partial charge in [-0.1, -0.05) is 37.7 Å². The molecule has 0 radical (unpaired) electrons. The van der Waals surface area contributed by atoms with Crippen LogP contribution in [0.5, 0.6) is 0 Å². The van der Waals surface area contributed by atoms with Crippen molar-refractivity contribution < 1.29 is 4.79 Å². The Labute approximate surface area is 185 Å². The summed E-state index contributed by atoms with van der Waals surface area (Å²) < 4.78 is 3.41. The smallest absolute Gasteiger partial charge is 0.240 e. The maximum atomic E-state index is 13.5. The summed E-state index contributed by atoms with van der Waals surface area (Å²) in [5.74, 6) is 1.06. The van der Waals surface area contributed by atoms with E-state index >= 15 is 0 Å². The molecule has 0 bridgehead atoms. The molecule has 7 heteroatoms. The molecular weight excluding hydrogens is 412 g/mol. The number of hydrogen-bond acceptors (Lipinski definition) is 5. The van der Waals surface area contributed by atoms with Crippen molar-refractivity contribution in [2.45, 2.75) is 50.8 Å². The molecule has 3 heterocycles. The lowest BCUT2D eigenvalue weighted by Crippen LogP contribution is -2.37. The third kappa shape index (κ3) is 3.72. The summed E-state index contributed by atoms with van der Waals surface area (Å²) >= 11 is 3.24. The van der Waals surface area contributed by atoms with Crippen molar-refractivity contribution in [2.75, 3.05) is 11.4 Å². The monoisotopic (exact) mass is 438 g/mol. The summed E-state index contributed by atoms with van der Waals surface area (Å²) in [5.41, 5.74) is 4.30. The number of fused-ring (bicyclic) bond motifs is 3. The zero-order valence-corrected chi connectivity index (χ0v) is 19.4. The van der Waals surface area contributed by atoms with Crippen LogP contribution in [0.3, 0.4) is 0 Å². The van der Waals surface area contributed by atoms with E-state index in [1.807, 2.05) is 36.9 Å². The van der Waals surface area contributed by atoms with E-state index < -0.39 is 0 Å². The van der Waals surface area contributed by atoms with E-state index in [1.165, 1.54) is 16.5 Å². The number of carbonyl (C=O) groups excluding carboxylic acids is 1. The van der Waals surface area contributed by atoms with E-state index in [-0.39, 0.29) is 11.2 Å². The highest BCUT2D eigenvalue weighted by molar-refractivity contribution is 8.00. The van der Waals surface area contributed by atoms with Crippen molar-refractivity contribution >= 4 is 50.4 Å². The standard InChI is InChI=1S/C23H26N4OS2/c1-5-19(23(28)26(7-3)16-10-8-9-15(4)13-16)30-22-18-14-20-17(11-12-29-20)27(18)21(6-2)24-25-22/h8-14,19H,5-7H2,1-4H3/t19-/m1/s1. The predicted octanol–water partition coefficient (Wildman–Crippen LogP) is 5.74. The molecule has 0 spiro atoms. The van der Waals surface area contributed by atoms with Crippen LogP contribution in [0.4, 0.5) is 5.69 Å². The van der Waals surface area contributed by atoms with Crippen LogP contribution >= 0.6 is 23.1 Å². The molecule has 0 N–H and O–H groups in total. The Morgan fingerprint density at radius 3 is 2.70 bits per heavy atom. The summed E-state index contributed by atoms with van der Waals surface area (Å²) in [7, 11) is 0. The van der Waals surface area contributed by atoms with Crippen molar-refractivity contribution in [3.8, 4) is 0 Å². The lowest BCUT2D eigenvalue weighted by Gasteiger charge is -2.26. The second-order valence-corrected chi connectivity index (χ2v) is 9.39. The number of thiophene rings is 1. The van der Waals surface area contributed by atoms with E-state index in [0.29, 0.717) is 6.54 Å². The summed E-state index contributed by atoms with van der Waals surface area (Å²) in [6.07, 6.45) is 1.53. The fraction of sp³-hybridized carbons (Fsp3) is 0.348. The van der Waals surface area contributed by atoms with Gasteiger partial charge in [0, 0.05) is 18.7 Å². The van der Waals surface area contributed by atoms with Gasteiger partial charge in [-0.15, -0.1) is 21.5 Å². The summed E-state index contributed by atoms with van der Waals surface area (Å²) in [6.45, 7) is 8.85. The van der Waals surface area contributed by atoms with Crippen LogP contribution in [0, 0.1) is 6.92 Å². The van der Waals surface area contributed by atoms with Crippen LogP contribution in [-0.4, -0.2) is 32.3 Å². The number of benzene rings is 1. The van der Waals surface area contributed by atoms with Crippen LogP contribution in [0.15, 0.2) is 46.8 Å². The topological polar surface area (TPSA) is 50.5 Å². The Morgan fingerprint density at radius 2 is 2.00 bits per heavy atom. The number of carbonyl (C=O) groups is 1. The maximum absolute atomic E-state index is 13.5. The molecule has 4 rings (SSSR count). The number of aryl methyl sites for hydroxylation is 2. The number of hydrogen-bond donors (Lipinski definition) is 0. The van der Waals surface area contributed by atoms with Crippen molar-refractivity contribution in [3.05, 3.63) is 53.2 Å². The molecule has 0 saturated carbocycles. The largest absolute Gasteiger partial charge is 0.312 e. The molecule has 0 unspecified atom stereocenters. The summed E-state index contributed by atoms with van der Waals surface area (Å²) in [6, 6.07) is 12.4. The minimum atomic E-state index is -0.219. The molecule has 0 aliphatic carbocycles. The Bertz CT molecular complexity index is 1200. The Hall–Kier alpha value is -2.38. The van der Waals surface area contributed by atoms with Gasteiger partial charge >= 0.3 is 0 Å². The molecule has 0 aliphatic rings. The number of aromatic nitrogens is 3. The second kappa shape index (κ2) is 8.78. The molecule has 1 amide bonds. The molecule has 0 aliphatic heterocycles. The van der Waals surface area contributed by atoms with E-state index in [4.69, 9.17) is 0 Å².